The van der Waals surface area contributed by atoms with E-state index in [1.54, 1.807) is 16.4 Å². The van der Waals surface area contributed by atoms with Crippen molar-refractivity contribution in [1.82, 2.24) is 19.3 Å². The summed E-state index contributed by atoms with van der Waals surface area (Å²) in [4.78, 5) is 6.81. The Morgan fingerprint density at radius 1 is 1.04 bits per heavy atom. The van der Waals surface area contributed by atoms with Crippen LogP contribution >= 0.6 is 0 Å². The first-order valence-corrected chi connectivity index (χ1v) is 10.5. The number of fused-ring (bicyclic) bond motifs is 1. The van der Waals surface area contributed by atoms with Crippen molar-refractivity contribution in [2.45, 2.75) is 24.8 Å². The number of hydrogen-bond acceptors (Lipinski definition) is 6. The van der Waals surface area contributed by atoms with E-state index in [1.807, 2.05) is 37.3 Å². The lowest BCUT2D eigenvalue weighted by Gasteiger charge is -2.33. The Balaban J connectivity index is 1.44. The molecule has 1 aliphatic heterocycles. The van der Waals surface area contributed by atoms with Crippen LogP contribution in [0, 0.1) is 0 Å². The smallest absolute Gasteiger partial charge is 0.243 e. The second-order valence-corrected chi connectivity index (χ2v) is 8.59. The molecule has 1 saturated heterocycles. The Labute approximate surface area is 158 Å². The molecule has 0 bridgehead atoms. The van der Waals surface area contributed by atoms with Gasteiger partial charge in [0.2, 0.25) is 15.9 Å². The number of piperazine rings is 1. The summed E-state index contributed by atoms with van der Waals surface area (Å²) >= 11 is 0. The largest absolute Gasteiger partial charge is 0.339 e. The average molecular weight is 386 g/mol. The Morgan fingerprint density at radius 3 is 2.48 bits per heavy atom. The molecule has 4 rings (SSSR count). The maximum Gasteiger partial charge on any atom is 0.243 e. The third kappa shape index (κ3) is 3.73. The Morgan fingerprint density at radius 2 is 1.78 bits per heavy atom. The highest BCUT2D eigenvalue weighted by Crippen LogP contribution is 2.23. The Bertz CT molecular complexity index is 1040. The summed E-state index contributed by atoms with van der Waals surface area (Å²) in [5, 5.41) is 5.93. The minimum absolute atomic E-state index is 0.348. The van der Waals surface area contributed by atoms with E-state index < -0.39 is 10.0 Å². The molecule has 0 atom stereocenters. The number of rotatable bonds is 5. The molecule has 0 unspecified atom stereocenters. The van der Waals surface area contributed by atoms with Gasteiger partial charge in [-0.05, 0) is 22.9 Å². The van der Waals surface area contributed by atoms with Crippen molar-refractivity contribution in [2.24, 2.45) is 0 Å². The molecule has 7 nitrogen and oxygen atoms in total. The first-order valence-electron chi connectivity index (χ1n) is 9.09. The fourth-order valence-electron chi connectivity index (χ4n) is 3.30. The molecule has 3 aromatic rings. The normalized spacial score (nSPS) is 16.8. The number of aromatic nitrogens is 2. The number of aryl methyl sites for hydroxylation is 1. The van der Waals surface area contributed by atoms with E-state index in [0.717, 1.165) is 10.8 Å². The van der Waals surface area contributed by atoms with E-state index in [-0.39, 0.29) is 0 Å². The van der Waals surface area contributed by atoms with Gasteiger partial charge < -0.3 is 4.52 Å². The Hall–Kier alpha value is -2.29. The van der Waals surface area contributed by atoms with E-state index in [9.17, 15) is 8.42 Å². The quantitative estimate of drug-likeness (QED) is 0.669. The lowest BCUT2D eigenvalue weighted by Crippen LogP contribution is -2.48. The van der Waals surface area contributed by atoms with Crippen molar-refractivity contribution >= 4 is 20.8 Å². The number of hydrogen-bond donors (Lipinski definition) is 0. The lowest BCUT2D eigenvalue weighted by atomic mass is 10.1. The molecule has 0 saturated carbocycles. The van der Waals surface area contributed by atoms with E-state index in [0.29, 0.717) is 55.8 Å². The minimum Gasteiger partial charge on any atom is -0.339 e. The molecule has 2 aromatic carbocycles. The lowest BCUT2D eigenvalue weighted by molar-refractivity contribution is 0.176. The zero-order chi connectivity index (χ0) is 18.9. The van der Waals surface area contributed by atoms with Crippen molar-refractivity contribution in [3.8, 4) is 0 Å². The number of nitrogens with zero attached hydrogens (tertiary/aromatic N) is 4. The summed E-state index contributed by atoms with van der Waals surface area (Å²) in [6.07, 6.45) is 0.713. The van der Waals surface area contributed by atoms with Crippen LogP contribution in [0.2, 0.25) is 0 Å². The van der Waals surface area contributed by atoms with E-state index in [4.69, 9.17) is 4.52 Å². The SMILES string of the molecule is CCc1nc(CN2CCN(S(=O)(=O)c3ccc4ccccc4c3)CC2)no1. The molecule has 0 radical (unpaired) electrons. The molecule has 142 valence electrons. The molecule has 1 fully saturated rings. The molecular weight excluding hydrogens is 364 g/mol. The summed E-state index contributed by atoms with van der Waals surface area (Å²) in [6.45, 7) is 4.73. The molecule has 1 aliphatic rings. The van der Waals surface area contributed by atoms with Crippen molar-refractivity contribution in [3.05, 3.63) is 54.2 Å². The molecule has 27 heavy (non-hydrogen) atoms. The molecular formula is C19H22N4O3S. The van der Waals surface area contributed by atoms with Gasteiger partial charge in [0.25, 0.3) is 0 Å². The van der Waals surface area contributed by atoms with Gasteiger partial charge in [0.05, 0.1) is 11.4 Å². The van der Waals surface area contributed by atoms with Gasteiger partial charge in [-0.15, -0.1) is 0 Å². The van der Waals surface area contributed by atoms with E-state index >= 15 is 0 Å². The van der Waals surface area contributed by atoms with Crippen molar-refractivity contribution in [2.75, 3.05) is 26.2 Å². The van der Waals surface area contributed by atoms with Gasteiger partial charge in [-0.1, -0.05) is 42.4 Å². The predicted molar refractivity (Wildman–Crippen MR) is 102 cm³/mol. The van der Waals surface area contributed by atoms with Gasteiger partial charge in [0.15, 0.2) is 5.82 Å². The number of sulfonamides is 1. The van der Waals surface area contributed by atoms with Crippen LogP contribution in [0.15, 0.2) is 51.9 Å². The van der Waals surface area contributed by atoms with Crippen LogP contribution in [0.4, 0.5) is 0 Å². The van der Waals surface area contributed by atoms with Crippen LogP contribution < -0.4 is 0 Å². The number of benzene rings is 2. The van der Waals surface area contributed by atoms with Gasteiger partial charge in [-0.2, -0.15) is 9.29 Å². The van der Waals surface area contributed by atoms with Gasteiger partial charge in [0.1, 0.15) is 0 Å². The minimum atomic E-state index is -3.49. The van der Waals surface area contributed by atoms with Gasteiger partial charge in [-0.3, -0.25) is 4.90 Å². The van der Waals surface area contributed by atoms with E-state index in [2.05, 4.69) is 15.0 Å². The highest BCUT2D eigenvalue weighted by Gasteiger charge is 2.29. The summed E-state index contributed by atoms with van der Waals surface area (Å²) in [6, 6.07) is 13.1. The van der Waals surface area contributed by atoms with Gasteiger partial charge in [-0.25, -0.2) is 8.42 Å². The molecule has 0 amide bonds. The molecule has 0 aliphatic carbocycles. The Kier molecular flexibility index (Phi) is 4.94. The molecule has 8 heteroatoms. The molecule has 1 aromatic heterocycles. The average Bonchev–Trinajstić information content (AvgIpc) is 3.15. The van der Waals surface area contributed by atoms with Crippen LogP contribution in [0.3, 0.4) is 0 Å². The van der Waals surface area contributed by atoms with Crippen molar-refractivity contribution < 1.29 is 12.9 Å². The zero-order valence-corrected chi connectivity index (χ0v) is 16.0. The highest BCUT2D eigenvalue weighted by molar-refractivity contribution is 7.89. The van der Waals surface area contributed by atoms with E-state index in [1.165, 1.54) is 0 Å². The summed E-state index contributed by atoms with van der Waals surface area (Å²) in [5.41, 5.74) is 0. The first-order chi connectivity index (χ1) is 13.1. The maximum absolute atomic E-state index is 13.0. The van der Waals surface area contributed by atoms with Crippen LogP contribution in [0.5, 0.6) is 0 Å². The fourth-order valence-corrected chi connectivity index (χ4v) is 4.76. The van der Waals surface area contributed by atoms with Crippen LogP contribution in [0.25, 0.3) is 10.8 Å². The maximum atomic E-state index is 13.0. The van der Waals surface area contributed by atoms with Gasteiger partial charge >= 0.3 is 0 Å². The third-order valence-electron chi connectivity index (χ3n) is 4.87. The third-order valence-corrected chi connectivity index (χ3v) is 6.76. The summed E-state index contributed by atoms with van der Waals surface area (Å²) in [7, 11) is -3.49. The van der Waals surface area contributed by atoms with Crippen LogP contribution in [-0.4, -0.2) is 53.9 Å². The zero-order valence-electron chi connectivity index (χ0n) is 15.2. The summed E-state index contributed by atoms with van der Waals surface area (Å²) < 4.78 is 32.7. The highest BCUT2D eigenvalue weighted by atomic mass is 32.2. The van der Waals surface area contributed by atoms with Crippen LogP contribution in [-0.2, 0) is 23.0 Å². The second-order valence-electron chi connectivity index (χ2n) is 6.65. The fraction of sp³-hybridized carbons (Fsp3) is 0.368. The molecule has 0 spiro atoms. The second kappa shape index (κ2) is 7.38. The topological polar surface area (TPSA) is 79.5 Å². The van der Waals surface area contributed by atoms with Crippen molar-refractivity contribution in [1.29, 1.82) is 0 Å². The van der Waals surface area contributed by atoms with Gasteiger partial charge in [0, 0.05) is 32.6 Å². The monoisotopic (exact) mass is 386 g/mol. The standard InChI is InChI=1S/C19H22N4O3S/c1-2-19-20-18(21-26-19)14-22-9-11-23(12-10-22)27(24,25)17-8-7-15-5-3-4-6-16(15)13-17/h3-8,13H,2,9-12,14H2,1H3. The summed E-state index contributed by atoms with van der Waals surface area (Å²) in [5.74, 6) is 1.28. The molecule has 0 N–H and O–H groups in total. The predicted octanol–water partition coefficient (Wildman–Crippen LogP) is 2.29. The van der Waals surface area contributed by atoms with Crippen molar-refractivity contribution in [3.63, 3.8) is 0 Å². The van der Waals surface area contributed by atoms with Crippen LogP contribution in [0.1, 0.15) is 18.6 Å². The first kappa shape index (κ1) is 18.1. The molecule has 2 heterocycles.